The van der Waals surface area contributed by atoms with Gasteiger partial charge in [-0.25, -0.2) is 0 Å². The molecule has 1 fully saturated rings. The van der Waals surface area contributed by atoms with Crippen LogP contribution in [0.15, 0.2) is 12.7 Å². The van der Waals surface area contributed by atoms with Crippen LogP contribution in [0, 0.1) is 5.92 Å². The van der Waals surface area contributed by atoms with Gasteiger partial charge in [0, 0.05) is 12.1 Å². The minimum Gasteiger partial charge on any atom is -0.308 e. The predicted octanol–water partition coefficient (Wildman–Crippen LogP) is 2.34. The molecule has 1 aliphatic carbocycles. The van der Waals surface area contributed by atoms with E-state index >= 15 is 0 Å². The normalized spacial score (nSPS) is 31.5. The molecule has 11 heavy (non-hydrogen) atoms. The molecule has 0 bridgehead atoms. The molecular formula is C10H19N. The molecule has 0 aromatic carbocycles. The van der Waals surface area contributed by atoms with E-state index in [0.717, 1.165) is 12.0 Å². The third-order valence-corrected chi connectivity index (χ3v) is 2.41. The van der Waals surface area contributed by atoms with Crippen molar-refractivity contribution in [3.63, 3.8) is 0 Å². The van der Waals surface area contributed by atoms with Gasteiger partial charge in [-0.3, -0.25) is 0 Å². The first-order chi connectivity index (χ1) is 5.27. The van der Waals surface area contributed by atoms with Gasteiger partial charge in [0.05, 0.1) is 0 Å². The summed E-state index contributed by atoms with van der Waals surface area (Å²) in [6.45, 7) is 8.17. The summed E-state index contributed by atoms with van der Waals surface area (Å²) < 4.78 is 0. The Labute approximate surface area is 69.9 Å². The number of nitrogens with one attached hydrogen (secondary N) is 1. The second-order valence-corrected chi connectivity index (χ2v) is 3.58. The highest BCUT2D eigenvalue weighted by Crippen LogP contribution is 2.34. The van der Waals surface area contributed by atoms with Gasteiger partial charge in [-0.1, -0.05) is 19.4 Å². The SMILES string of the molecule is C=CC(C)NC1CC1CCC. The van der Waals surface area contributed by atoms with E-state index in [-0.39, 0.29) is 0 Å². The van der Waals surface area contributed by atoms with Crippen LogP contribution >= 0.6 is 0 Å². The van der Waals surface area contributed by atoms with Gasteiger partial charge in [0.1, 0.15) is 0 Å². The molecule has 0 aromatic heterocycles. The van der Waals surface area contributed by atoms with Crippen LogP contribution in [0.3, 0.4) is 0 Å². The van der Waals surface area contributed by atoms with E-state index in [0.29, 0.717) is 6.04 Å². The Bertz CT molecular complexity index is 131. The van der Waals surface area contributed by atoms with E-state index in [9.17, 15) is 0 Å². The van der Waals surface area contributed by atoms with Crippen molar-refractivity contribution in [3.05, 3.63) is 12.7 Å². The van der Waals surface area contributed by atoms with Gasteiger partial charge in [-0.15, -0.1) is 6.58 Å². The largest absolute Gasteiger partial charge is 0.308 e. The Balaban J connectivity index is 2.08. The Morgan fingerprint density at radius 1 is 1.73 bits per heavy atom. The average molecular weight is 153 g/mol. The number of hydrogen-bond donors (Lipinski definition) is 1. The summed E-state index contributed by atoms with van der Waals surface area (Å²) in [5.74, 6) is 0.961. The lowest BCUT2D eigenvalue weighted by molar-refractivity contribution is 0.569. The third-order valence-electron chi connectivity index (χ3n) is 2.41. The predicted molar refractivity (Wildman–Crippen MR) is 49.6 cm³/mol. The Morgan fingerprint density at radius 2 is 2.45 bits per heavy atom. The van der Waals surface area contributed by atoms with Crippen molar-refractivity contribution >= 4 is 0 Å². The monoisotopic (exact) mass is 153 g/mol. The molecule has 1 rings (SSSR count). The van der Waals surface area contributed by atoms with E-state index in [1.165, 1.54) is 19.3 Å². The second kappa shape index (κ2) is 3.91. The smallest absolute Gasteiger partial charge is 0.0221 e. The van der Waals surface area contributed by atoms with Crippen LogP contribution in [0.4, 0.5) is 0 Å². The number of hydrogen-bond acceptors (Lipinski definition) is 1. The van der Waals surface area contributed by atoms with Crippen molar-refractivity contribution < 1.29 is 0 Å². The Hall–Kier alpha value is -0.300. The molecule has 0 saturated heterocycles. The molecule has 0 heterocycles. The van der Waals surface area contributed by atoms with Gasteiger partial charge < -0.3 is 5.32 Å². The molecular weight excluding hydrogens is 134 g/mol. The minimum absolute atomic E-state index is 0.488. The first kappa shape index (κ1) is 8.79. The highest BCUT2D eigenvalue weighted by atomic mass is 15.0. The molecule has 1 N–H and O–H groups in total. The lowest BCUT2D eigenvalue weighted by Gasteiger charge is -2.07. The number of rotatable bonds is 5. The molecule has 0 aliphatic heterocycles. The summed E-state index contributed by atoms with van der Waals surface area (Å²) in [4.78, 5) is 0. The summed E-state index contributed by atoms with van der Waals surface area (Å²) in [6, 6.07) is 1.28. The van der Waals surface area contributed by atoms with Crippen molar-refractivity contribution in [1.82, 2.24) is 5.32 Å². The standard InChI is InChI=1S/C10H19N/c1-4-6-9-7-10(9)11-8(3)5-2/h5,8-11H,2,4,6-7H2,1,3H3. The lowest BCUT2D eigenvalue weighted by atomic mass is 10.2. The topological polar surface area (TPSA) is 12.0 Å². The van der Waals surface area contributed by atoms with Crippen molar-refractivity contribution in [1.29, 1.82) is 0 Å². The van der Waals surface area contributed by atoms with Crippen molar-refractivity contribution in [2.75, 3.05) is 0 Å². The van der Waals surface area contributed by atoms with Crippen LogP contribution in [0.25, 0.3) is 0 Å². The summed E-state index contributed by atoms with van der Waals surface area (Å²) >= 11 is 0. The first-order valence-corrected chi connectivity index (χ1v) is 4.66. The van der Waals surface area contributed by atoms with Crippen molar-refractivity contribution in [2.45, 2.75) is 45.2 Å². The van der Waals surface area contributed by atoms with Crippen LogP contribution in [0.1, 0.15) is 33.1 Å². The van der Waals surface area contributed by atoms with E-state index in [4.69, 9.17) is 0 Å². The maximum Gasteiger partial charge on any atom is 0.0221 e. The van der Waals surface area contributed by atoms with E-state index in [2.05, 4.69) is 25.7 Å². The summed E-state index contributed by atoms with van der Waals surface area (Å²) in [5.41, 5.74) is 0. The highest BCUT2D eigenvalue weighted by molar-refractivity contribution is 4.96. The fourth-order valence-electron chi connectivity index (χ4n) is 1.55. The minimum atomic E-state index is 0.488. The molecule has 3 unspecified atom stereocenters. The van der Waals surface area contributed by atoms with Gasteiger partial charge in [-0.2, -0.15) is 0 Å². The zero-order valence-electron chi connectivity index (χ0n) is 7.64. The highest BCUT2D eigenvalue weighted by Gasteiger charge is 2.35. The quantitative estimate of drug-likeness (QED) is 0.598. The van der Waals surface area contributed by atoms with E-state index in [1.807, 2.05) is 6.08 Å². The van der Waals surface area contributed by atoms with Crippen LogP contribution in [-0.4, -0.2) is 12.1 Å². The fourth-order valence-corrected chi connectivity index (χ4v) is 1.55. The maximum atomic E-state index is 3.75. The maximum absolute atomic E-state index is 3.75. The van der Waals surface area contributed by atoms with Gasteiger partial charge in [0.25, 0.3) is 0 Å². The van der Waals surface area contributed by atoms with Crippen LogP contribution in [-0.2, 0) is 0 Å². The average Bonchev–Trinajstić information content (AvgIpc) is 2.69. The molecule has 1 saturated carbocycles. The van der Waals surface area contributed by atoms with Crippen LogP contribution < -0.4 is 5.32 Å². The lowest BCUT2D eigenvalue weighted by Crippen LogP contribution is -2.27. The summed E-state index contributed by atoms with van der Waals surface area (Å²) in [7, 11) is 0. The van der Waals surface area contributed by atoms with Gasteiger partial charge in [0.2, 0.25) is 0 Å². The molecule has 64 valence electrons. The van der Waals surface area contributed by atoms with E-state index < -0.39 is 0 Å². The third kappa shape index (κ3) is 2.66. The van der Waals surface area contributed by atoms with Crippen molar-refractivity contribution in [3.8, 4) is 0 Å². The first-order valence-electron chi connectivity index (χ1n) is 4.66. The zero-order valence-corrected chi connectivity index (χ0v) is 7.64. The second-order valence-electron chi connectivity index (χ2n) is 3.58. The summed E-state index contributed by atoms with van der Waals surface area (Å²) in [5, 5.41) is 3.52. The zero-order chi connectivity index (χ0) is 8.27. The molecule has 0 amide bonds. The van der Waals surface area contributed by atoms with E-state index in [1.54, 1.807) is 0 Å². The molecule has 1 aliphatic rings. The fraction of sp³-hybridized carbons (Fsp3) is 0.800. The summed E-state index contributed by atoms with van der Waals surface area (Å²) in [6.07, 6.45) is 6.07. The van der Waals surface area contributed by atoms with Gasteiger partial charge in [-0.05, 0) is 25.7 Å². The Morgan fingerprint density at radius 3 is 3.00 bits per heavy atom. The Kier molecular flexibility index (Phi) is 3.13. The molecule has 0 spiro atoms. The van der Waals surface area contributed by atoms with Gasteiger partial charge in [0.15, 0.2) is 0 Å². The van der Waals surface area contributed by atoms with Crippen molar-refractivity contribution in [2.24, 2.45) is 5.92 Å². The molecule has 0 aromatic rings. The van der Waals surface area contributed by atoms with Crippen LogP contribution in [0.2, 0.25) is 0 Å². The molecule has 1 nitrogen and oxygen atoms in total. The van der Waals surface area contributed by atoms with Gasteiger partial charge >= 0.3 is 0 Å². The molecule has 3 atom stereocenters. The molecule has 0 radical (unpaired) electrons. The van der Waals surface area contributed by atoms with Crippen LogP contribution in [0.5, 0.6) is 0 Å². The molecule has 1 heteroatoms.